The van der Waals surface area contributed by atoms with Crippen LogP contribution in [-0.4, -0.2) is 25.8 Å². The highest BCUT2D eigenvalue weighted by Gasteiger charge is 2.19. The van der Waals surface area contributed by atoms with Crippen LogP contribution in [0.3, 0.4) is 0 Å². The Balaban J connectivity index is 1.61. The van der Waals surface area contributed by atoms with Crippen molar-refractivity contribution in [3.63, 3.8) is 0 Å². The Morgan fingerprint density at radius 1 is 1.24 bits per heavy atom. The molecule has 2 rings (SSSR count). The van der Waals surface area contributed by atoms with Gasteiger partial charge in [0.05, 0.1) is 13.2 Å². The number of ether oxygens (including phenoxy) is 1. The minimum absolute atomic E-state index is 0.687. The van der Waals surface area contributed by atoms with E-state index in [0.29, 0.717) is 6.61 Å². The standard InChI is InChI=1S/C13H17Cl2NO/c14-11-1-4-13(15)10(9-11)5-7-17-8-6-16-12-2-3-12/h1,4,9,12,16H,2-3,5-8H2. The summed E-state index contributed by atoms with van der Waals surface area (Å²) in [6.07, 6.45) is 3.44. The second kappa shape index (κ2) is 6.60. The predicted molar refractivity (Wildman–Crippen MR) is 72.0 cm³/mol. The fourth-order valence-corrected chi connectivity index (χ4v) is 2.05. The largest absolute Gasteiger partial charge is 0.380 e. The summed E-state index contributed by atoms with van der Waals surface area (Å²) in [6.45, 7) is 2.38. The lowest BCUT2D eigenvalue weighted by Crippen LogP contribution is -2.22. The summed E-state index contributed by atoms with van der Waals surface area (Å²) < 4.78 is 5.55. The van der Waals surface area contributed by atoms with Gasteiger partial charge in [-0.15, -0.1) is 0 Å². The first-order chi connectivity index (χ1) is 8.25. The third kappa shape index (κ3) is 4.84. The normalized spacial score (nSPS) is 15.2. The van der Waals surface area contributed by atoms with E-state index in [1.165, 1.54) is 12.8 Å². The summed E-state index contributed by atoms with van der Waals surface area (Å²) in [5.74, 6) is 0. The average molecular weight is 274 g/mol. The van der Waals surface area contributed by atoms with Crippen LogP contribution in [0.5, 0.6) is 0 Å². The Morgan fingerprint density at radius 3 is 2.82 bits per heavy atom. The van der Waals surface area contributed by atoms with Gasteiger partial charge in [0.1, 0.15) is 0 Å². The third-order valence-corrected chi connectivity index (χ3v) is 3.38. The molecule has 1 aliphatic carbocycles. The van der Waals surface area contributed by atoms with Gasteiger partial charge in [-0.25, -0.2) is 0 Å². The fraction of sp³-hybridized carbons (Fsp3) is 0.538. The first-order valence-electron chi connectivity index (χ1n) is 6.01. The highest BCUT2D eigenvalue weighted by molar-refractivity contribution is 6.33. The van der Waals surface area contributed by atoms with Gasteiger partial charge in [-0.1, -0.05) is 23.2 Å². The van der Waals surface area contributed by atoms with E-state index in [1.807, 2.05) is 12.1 Å². The van der Waals surface area contributed by atoms with Gasteiger partial charge in [0.2, 0.25) is 0 Å². The van der Waals surface area contributed by atoms with Crippen molar-refractivity contribution in [3.8, 4) is 0 Å². The summed E-state index contributed by atoms with van der Waals surface area (Å²) in [6, 6.07) is 6.28. The molecule has 1 saturated carbocycles. The van der Waals surface area contributed by atoms with E-state index in [9.17, 15) is 0 Å². The molecular formula is C13H17Cl2NO. The number of rotatable bonds is 7. The molecule has 94 valence electrons. The minimum atomic E-state index is 0.687. The molecule has 1 aromatic rings. The Bertz CT molecular complexity index is 366. The van der Waals surface area contributed by atoms with Gasteiger partial charge in [-0.3, -0.25) is 0 Å². The monoisotopic (exact) mass is 273 g/mol. The summed E-state index contributed by atoms with van der Waals surface area (Å²) in [7, 11) is 0. The van der Waals surface area contributed by atoms with E-state index < -0.39 is 0 Å². The van der Waals surface area contributed by atoms with Crippen molar-refractivity contribution >= 4 is 23.2 Å². The van der Waals surface area contributed by atoms with Crippen molar-refractivity contribution in [3.05, 3.63) is 33.8 Å². The smallest absolute Gasteiger partial charge is 0.0591 e. The van der Waals surface area contributed by atoms with E-state index in [2.05, 4.69) is 5.32 Å². The predicted octanol–water partition coefficient (Wildman–Crippen LogP) is 3.30. The molecule has 0 heterocycles. The van der Waals surface area contributed by atoms with Gasteiger partial charge in [0.25, 0.3) is 0 Å². The number of nitrogens with one attached hydrogen (secondary N) is 1. The molecule has 0 aromatic heterocycles. The van der Waals surface area contributed by atoms with E-state index in [4.69, 9.17) is 27.9 Å². The van der Waals surface area contributed by atoms with Gasteiger partial charge < -0.3 is 10.1 Å². The van der Waals surface area contributed by atoms with E-state index in [-0.39, 0.29) is 0 Å². The molecule has 1 fully saturated rings. The highest BCUT2D eigenvalue weighted by Crippen LogP contribution is 2.21. The Kier molecular flexibility index (Phi) is 5.11. The van der Waals surface area contributed by atoms with Crippen LogP contribution in [0, 0.1) is 0 Å². The molecule has 0 bridgehead atoms. The van der Waals surface area contributed by atoms with Crippen molar-refractivity contribution in [2.75, 3.05) is 19.8 Å². The van der Waals surface area contributed by atoms with Crippen LogP contribution >= 0.6 is 23.2 Å². The van der Waals surface area contributed by atoms with Crippen molar-refractivity contribution < 1.29 is 4.74 Å². The molecule has 17 heavy (non-hydrogen) atoms. The summed E-state index contributed by atoms with van der Waals surface area (Å²) in [4.78, 5) is 0. The van der Waals surface area contributed by atoms with Crippen molar-refractivity contribution in [1.29, 1.82) is 0 Å². The van der Waals surface area contributed by atoms with Crippen LogP contribution < -0.4 is 5.32 Å². The topological polar surface area (TPSA) is 21.3 Å². The first-order valence-corrected chi connectivity index (χ1v) is 6.76. The Morgan fingerprint density at radius 2 is 2.06 bits per heavy atom. The van der Waals surface area contributed by atoms with Crippen LogP contribution in [0.2, 0.25) is 10.0 Å². The van der Waals surface area contributed by atoms with E-state index >= 15 is 0 Å². The third-order valence-electron chi connectivity index (χ3n) is 2.78. The molecule has 1 aliphatic rings. The molecule has 0 unspecified atom stereocenters. The van der Waals surface area contributed by atoms with Crippen molar-refractivity contribution in [2.24, 2.45) is 0 Å². The zero-order valence-electron chi connectivity index (χ0n) is 9.72. The summed E-state index contributed by atoms with van der Waals surface area (Å²) in [5, 5.41) is 4.88. The maximum absolute atomic E-state index is 6.06. The molecule has 0 aliphatic heterocycles. The number of hydrogen-bond acceptors (Lipinski definition) is 2. The second-order valence-electron chi connectivity index (χ2n) is 4.33. The lowest BCUT2D eigenvalue weighted by Gasteiger charge is -2.07. The van der Waals surface area contributed by atoms with Crippen LogP contribution in [-0.2, 0) is 11.2 Å². The second-order valence-corrected chi connectivity index (χ2v) is 5.17. The molecule has 0 spiro atoms. The van der Waals surface area contributed by atoms with E-state index in [0.717, 1.165) is 41.2 Å². The van der Waals surface area contributed by atoms with Crippen LogP contribution in [0.25, 0.3) is 0 Å². The first kappa shape index (κ1) is 13.2. The molecule has 0 saturated heterocycles. The fourth-order valence-electron chi connectivity index (χ4n) is 1.64. The molecule has 0 amide bonds. The van der Waals surface area contributed by atoms with Crippen molar-refractivity contribution in [1.82, 2.24) is 5.32 Å². The number of halogens is 2. The molecular weight excluding hydrogens is 257 g/mol. The maximum atomic E-state index is 6.06. The molecule has 2 nitrogen and oxygen atoms in total. The van der Waals surface area contributed by atoms with Crippen LogP contribution in [0.1, 0.15) is 18.4 Å². The van der Waals surface area contributed by atoms with Crippen LogP contribution in [0.4, 0.5) is 0 Å². The highest BCUT2D eigenvalue weighted by atomic mass is 35.5. The molecule has 4 heteroatoms. The molecule has 1 N–H and O–H groups in total. The zero-order valence-corrected chi connectivity index (χ0v) is 11.2. The van der Waals surface area contributed by atoms with Crippen molar-refractivity contribution in [2.45, 2.75) is 25.3 Å². The molecule has 0 radical (unpaired) electrons. The number of benzene rings is 1. The Hall–Kier alpha value is -0.280. The molecule has 1 aromatic carbocycles. The van der Waals surface area contributed by atoms with Gasteiger partial charge in [0, 0.05) is 22.6 Å². The lowest BCUT2D eigenvalue weighted by molar-refractivity contribution is 0.138. The lowest BCUT2D eigenvalue weighted by atomic mass is 10.2. The van der Waals surface area contributed by atoms with Crippen LogP contribution in [0.15, 0.2) is 18.2 Å². The number of hydrogen-bond donors (Lipinski definition) is 1. The Labute approximate surface area is 112 Å². The summed E-state index contributed by atoms with van der Waals surface area (Å²) >= 11 is 12.0. The molecule has 0 atom stereocenters. The zero-order chi connectivity index (χ0) is 12.1. The average Bonchev–Trinajstić information content (AvgIpc) is 3.11. The van der Waals surface area contributed by atoms with Gasteiger partial charge in [-0.2, -0.15) is 0 Å². The van der Waals surface area contributed by atoms with E-state index in [1.54, 1.807) is 6.07 Å². The summed E-state index contributed by atoms with van der Waals surface area (Å²) in [5.41, 5.74) is 1.05. The maximum Gasteiger partial charge on any atom is 0.0591 e. The van der Waals surface area contributed by atoms with Gasteiger partial charge >= 0.3 is 0 Å². The SMILES string of the molecule is Clc1ccc(Cl)c(CCOCCNC2CC2)c1. The van der Waals surface area contributed by atoms with Gasteiger partial charge in [-0.05, 0) is 43.0 Å². The minimum Gasteiger partial charge on any atom is -0.380 e. The van der Waals surface area contributed by atoms with Gasteiger partial charge in [0.15, 0.2) is 0 Å². The quantitative estimate of drug-likeness (QED) is 0.770.